The van der Waals surface area contributed by atoms with Crippen LogP contribution in [-0.2, 0) is 4.79 Å². The largest absolute Gasteiger partial charge is 0.484 e. The van der Waals surface area contributed by atoms with E-state index in [1.54, 1.807) is 0 Å². The lowest BCUT2D eigenvalue weighted by Gasteiger charge is -2.12. The van der Waals surface area contributed by atoms with E-state index >= 15 is 0 Å². The van der Waals surface area contributed by atoms with Crippen LogP contribution in [0.15, 0.2) is 24.3 Å². The lowest BCUT2D eigenvalue weighted by Crippen LogP contribution is -2.28. The molecule has 0 aromatic heterocycles. The summed E-state index contributed by atoms with van der Waals surface area (Å²) in [7, 11) is 1.91. The predicted molar refractivity (Wildman–Crippen MR) is 68.1 cm³/mol. The van der Waals surface area contributed by atoms with Gasteiger partial charge in [0.05, 0.1) is 0 Å². The van der Waals surface area contributed by atoms with E-state index in [2.05, 4.69) is 17.6 Å². The summed E-state index contributed by atoms with van der Waals surface area (Å²) in [6.45, 7) is 4.64. The van der Waals surface area contributed by atoms with Gasteiger partial charge in [0.15, 0.2) is 6.61 Å². The topological polar surface area (TPSA) is 50.4 Å². The normalized spacial score (nSPS) is 11.9. The van der Waals surface area contributed by atoms with E-state index in [1.165, 1.54) is 0 Å². The first-order valence-corrected chi connectivity index (χ1v) is 5.84. The van der Waals surface area contributed by atoms with E-state index in [4.69, 9.17) is 4.74 Å². The molecule has 1 aromatic rings. The molecule has 0 aliphatic heterocycles. The Morgan fingerprint density at radius 1 is 1.47 bits per heavy atom. The van der Waals surface area contributed by atoms with Gasteiger partial charge in [-0.1, -0.05) is 12.1 Å². The first kappa shape index (κ1) is 13.5. The minimum Gasteiger partial charge on any atom is -0.484 e. The molecule has 0 fully saturated rings. The van der Waals surface area contributed by atoms with Gasteiger partial charge in [-0.25, -0.2) is 0 Å². The fraction of sp³-hybridized carbons (Fsp3) is 0.462. The van der Waals surface area contributed by atoms with E-state index in [-0.39, 0.29) is 18.6 Å². The Bertz CT molecular complexity index is 366. The van der Waals surface area contributed by atoms with Crippen molar-refractivity contribution >= 4 is 5.91 Å². The second kappa shape index (κ2) is 6.91. The van der Waals surface area contributed by atoms with Crippen LogP contribution in [0.2, 0.25) is 0 Å². The summed E-state index contributed by atoms with van der Waals surface area (Å²) in [4.78, 5) is 11.2. The molecule has 17 heavy (non-hydrogen) atoms. The maximum absolute atomic E-state index is 11.2. The van der Waals surface area contributed by atoms with Crippen molar-refractivity contribution in [2.24, 2.45) is 0 Å². The Morgan fingerprint density at radius 2 is 2.24 bits per heavy atom. The number of likely N-dealkylation sites (N-methyl/N-ethyl adjacent to an activating group) is 1. The number of rotatable bonds is 6. The molecule has 0 radical (unpaired) electrons. The van der Waals surface area contributed by atoms with Crippen molar-refractivity contribution in [3.05, 3.63) is 29.8 Å². The quantitative estimate of drug-likeness (QED) is 0.786. The molecule has 4 nitrogen and oxygen atoms in total. The molecule has 1 rings (SSSR count). The minimum atomic E-state index is -0.0976. The first-order valence-electron chi connectivity index (χ1n) is 5.84. The van der Waals surface area contributed by atoms with Gasteiger partial charge in [-0.05, 0) is 38.6 Å². The van der Waals surface area contributed by atoms with Crippen LogP contribution in [-0.4, -0.2) is 26.1 Å². The van der Waals surface area contributed by atoms with Crippen molar-refractivity contribution in [1.29, 1.82) is 0 Å². The van der Waals surface area contributed by atoms with Crippen LogP contribution in [0.4, 0.5) is 0 Å². The fourth-order valence-corrected chi connectivity index (χ4v) is 1.44. The lowest BCUT2D eigenvalue weighted by molar-refractivity contribution is -0.122. The number of amides is 1. The summed E-state index contributed by atoms with van der Waals surface area (Å²) in [5.74, 6) is 0.621. The number of hydrogen-bond donors (Lipinski definition) is 2. The number of carbonyl (C=O) groups is 1. The van der Waals surface area contributed by atoms with Crippen LogP contribution in [0.25, 0.3) is 0 Å². The van der Waals surface area contributed by atoms with Crippen LogP contribution in [0.5, 0.6) is 5.75 Å². The van der Waals surface area contributed by atoms with Crippen LogP contribution in [0.1, 0.15) is 25.5 Å². The summed E-state index contributed by atoms with van der Waals surface area (Å²) in [5.41, 5.74) is 1.14. The van der Waals surface area contributed by atoms with Gasteiger partial charge in [-0.3, -0.25) is 4.79 Å². The lowest BCUT2D eigenvalue weighted by atomic mass is 10.1. The van der Waals surface area contributed by atoms with Crippen molar-refractivity contribution in [2.45, 2.75) is 19.9 Å². The van der Waals surface area contributed by atoms with Crippen molar-refractivity contribution in [3.8, 4) is 5.75 Å². The molecule has 0 saturated heterocycles. The fourth-order valence-electron chi connectivity index (χ4n) is 1.44. The third-order valence-electron chi connectivity index (χ3n) is 2.53. The number of carbonyl (C=O) groups excluding carboxylic acids is 1. The second-order valence-corrected chi connectivity index (χ2v) is 3.83. The van der Waals surface area contributed by atoms with Gasteiger partial charge in [0.1, 0.15) is 5.75 Å². The van der Waals surface area contributed by atoms with E-state index in [0.29, 0.717) is 6.54 Å². The van der Waals surface area contributed by atoms with Gasteiger partial charge >= 0.3 is 0 Å². The van der Waals surface area contributed by atoms with Gasteiger partial charge in [0.2, 0.25) is 0 Å². The Balaban J connectivity index is 2.57. The molecule has 0 heterocycles. The molecule has 2 N–H and O–H groups in total. The number of nitrogens with one attached hydrogen (secondary N) is 2. The molecule has 0 aliphatic rings. The van der Waals surface area contributed by atoms with E-state index < -0.39 is 0 Å². The highest BCUT2D eigenvalue weighted by atomic mass is 16.5. The van der Waals surface area contributed by atoms with E-state index in [1.807, 2.05) is 38.2 Å². The first-order chi connectivity index (χ1) is 8.17. The SMILES string of the molecule is CCNC(=O)COc1cccc(C(C)NC)c1. The van der Waals surface area contributed by atoms with Crippen LogP contribution in [0, 0.1) is 0 Å². The zero-order chi connectivity index (χ0) is 12.7. The Kier molecular flexibility index (Phi) is 5.49. The number of ether oxygens (including phenoxy) is 1. The molecule has 1 atom stereocenters. The van der Waals surface area contributed by atoms with Gasteiger partial charge in [0.25, 0.3) is 5.91 Å². The number of hydrogen-bond acceptors (Lipinski definition) is 3. The maximum Gasteiger partial charge on any atom is 0.257 e. The minimum absolute atomic E-state index is 0.0607. The highest BCUT2D eigenvalue weighted by Gasteiger charge is 2.05. The van der Waals surface area contributed by atoms with Crippen molar-refractivity contribution in [1.82, 2.24) is 10.6 Å². The Hall–Kier alpha value is -1.55. The van der Waals surface area contributed by atoms with Crippen LogP contribution >= 0.6 is 0 Å². The molecule has 94 valence electrons. The Morgan fingerprint density at radius 3 is 2.88 bits per heavy atom. The summed E-state index contributed by atoms with van der Waals surface area (Å²) in [6, 6.07) is 8.02. The smallest absolute Gasteiger partial charge is 0.257 e. The van der Waals surface area contributed by atoms with E-state index in [9.17, 15) is 4.79 Å². The highest BCUT2D eigenvalue weighted by Crippen LogP contribution is 2.18. The van der Waals surface area contributed by atoms with E-state index in [0.717, 1.165) is 11.3 Å². The maximum atomic E-state index is 11.2. The van der Waals surface area contributed by atoms with Gasteiger partial charge < -0.3 is 15.4 Å². The van der Waals surface area contributed by atoms with Gasteiger partial charge in [-0.2, -0.15) is 0 Å². The third kappa shape index (κ3) is 4.44. The molecular formula is C13H20N2O2. The standard InChI is InChI=1S/C13H20N2O2/c1-4-15-13(16)9-17-12-7-5-6-11(8-12)10(2)14-3/h5-8,10,14H,4,9H2,1-3H3,(H,15,16). The molecule has 0 spiro atoms. The zero-order valence-corrected chi connectivity index (χ0v) is 10.6. The summed E-state index contributed by atoms with van der Waals surface area (Å²) >= 11 is 0. The molecule has 4 heteroatoms. The monoisotopic (exact) mass is 236 g/mol. The second-order valence-electron chi connectivity index (χ2n) is 3.83. The highest BCUT2D eigenvalue weighted by molar-refractivity contribution is 5.77. The molecular weight excluding hydrogens is 216 g/mol. The predicted octanol–water partition coefficient (Wildman–Crippen LogP) is 1.48. The van der Waals surface area contributed by atoms with Gasteiger partial charge in [-0.15, -0.1) is 0 Å². The average molecular weight is 236 g/mol. The molecule has 0 aliphatic carbocycles. The molecule has 1 amide bonds. The van der Waals surface area contributed by atoms with Gasteiger partial charge in [0, 0.05) is 12.6 Å². The van der Waals surface area contributed by atoms with Crippen LogP contribution < -0.4 is 15.4 Å². The number of benzene rings is 1. The summed E-state index contributed by atoms with van der Waals surface area (Å²) in [6.07, 6.45) is 0. The summed E-state index contributed by atoms with van der Waals surface area (Å²) < 4.78 is 5.42. The van der Waals surface area contributed by atoms with Crippen LogP contribution in [0.3, 0.4) is 0 Å². The Labute approximate surface area is 102 Å². The average Bonchev–Trinajstić information content (AvgIpc) is 2.36. The zero-order valence-electron chi connectivity index (χ0n) is 10.6. The molecule has 0 bridgehead atoms. The van der Waals surface area contributed by atoms with Crippen molar-refractivity contribution in [3.63, 3.8) is 0 Å². The van der Waals surface area contributed by atoms with Crippen molar-refractivity contribution in [2.75, 3.05) is 20.2 Å². The third-order valence-corrected chi connectivity index (χ3v) is 2.53. The molecule has 1 unspecified atom stereocenters. The van der Waals surface area contributed by atoms with Crippen molar-refractivity contribution < 1.29 is 9.53 Å². The summed E-state index contributed by atoms with van der Waals surface area (Å²) in [5, 5.41) is 5.85. The molecule has 0 saturated carbocycles. The molecule has 1 aromatic carbocycles.